The lowest BCUT2D eigenvalue weighted by Crippen LogP contribution is -1.90. The molecule has 0 fully saturated rings. The summed E-state index contributed by atoms with van der Waals surface area (Å²) in [6.07, 6.45) is 0. The van der Waals surface area contributed by atoms with Crippen molar-refractivity contribution in [2.45, 2.75) is 0 Å². The SMILES string of the molecule is Cn1c2ccccc2n2c1nn1c(=S)[nH]nc12. The van der Waals surface area contributed by atoms with Crippen LogP contribution in [0.25, 0.3) is 22.6 Å². The van der Waals surface area contributed by atoms with E-state index in [0.29, 0.717) is 10.5 Å². The molecule has 7 heteroatoms. The lowest BCUT2D eigenvalue weighted by Gasteiger charge is -1.92. The lowest BCUT2D eigenvalue weighted by molar-refractivity contribution is 0.899. The third-order valence-electron chi connectivity index (χ3n) is 3.01. The maximum atomic E-state index is 5.12. The van der Waals surface area contributed by atoms with E-state index >= 15 is 0 Å². The molecular formula is C10H8N6S. The quantitative estimate of drug-likeness (QED) is 0.477. The molecule has 4 aromatic rings. The molecule has 17 heavy (non-hydrogen) atoms. The van der Waals surface area contributed by atoms with Crippen LogP contribution in [0.1, 0.15) is 0 Å². The topological polar surface area (TPSA) is 55.3 Å². The molecule has 0 aliphatic heterocycles. The number of para-hydroxylation sites is 2. The molecule has 0 aliphatic carbocycles. The second-order valence-electron chi connectivity index (χ2n) is 3.92. The van der Waals surface area contributed by atoms with Crippen LogP contribution in [0.3, 0.4) is 0 Å². The van der Waals surface area contributed by atoms with Crippen LogP contribution >= 0.6 is 12.2 Å². The van der Waals surface area contributed by atoms with Crippen LogP contribution in [0.4, 0.5) is 0 Å². The number of nitrogens with one attached hydrogen (secondary N) is 1. The molecule has 0 saturated heterocycles. The molecule has 3 aromatic heterocycles. The van der Waals surface area contributed by atoms with E-state index < -0.39 is 0 Å². The zero-order chi connectivity index (χ0) is 11.6. The Bertz CT molecular complexity index is 921. The van der Waals surface area contributed by atoms with Crippen molar-refractivity contribution in [3.05, 3.63) is 29.0 Å². The maximum Gasteiger partial charge on any atom is 0.258 e. The van der Waals surface area contributed by atoms with E-state index in [1.54, 1.807) is 4.52 Å². The van der Waals surface area contributed by atoms with Crippen molar-refractivity contribution >= 4 is 34.8 Å². The van der Waals surface area contributed by atoms with E-state index in [9.17, 15) is 0 Å². The summed E-state index contributed by atoms with van der Waals surface area (Å²) < 4.78 is 6.16. The predicted octanol–water partition coefficient (Wildman–Crippen LogP) is 1.53. The number of H-pyrrole nitrogens is 1. The summed E-state index contributed by atoms with van der Waals surface area (Å²) in [7, 11) is 1.98. The minimum Gasteiger partial charge on any atom is -0.311 e. The van der Waals surface area contributed by atoms with Crippen LogP contribution in [0, 0.1) is 4.77 Å². The molecule has 0 atom stereocenters. The molecule has 0 radical (unpaired) electrons. The summed E-state index contributed by atoms with van der Waals surface area (Å²) in [5.41, 5.74) is 2.19. The second kappa shape index (κ2) is 2.75. The van der Waals surface area contributed by atoms with E-state index in [4.69, 9.17) is 12.2 Å². The Morgan fingerprint density at radius 2 is 1.94 bits per heavy atom. The third kappa shape index (κ3) is 0.925. The summed E-state index contributed by atoms with van der Waals surface area (Å²) in [6.45, 7) is 0. The number of nitrogens with zero attached hydrogens (tertiary/aromatic N) is 5. The summed E-state index contributed by atoms with van der Waals surface area (Å²) >= 11 is 5.12. The summed E-state index contributed by atoms with van der Waals surface area (Å²) in [5.74, 6) is 1.54. The number of aromatic amines is 1. The van der Waals surface area contributed by atoms with E-state index in [2.05, 4.69) is 21.4 Å². The summed E-state index contributed by atoms with van der Waals surface area (Å²) in [6, 6.07) is 8.11. The number of hydrogen-bond acceptors (Lipinski definition) is 3. The van der Waals surface area contributed by atoms with Crippen LogP contribution in [-0.4, -0.2) is 28.8 Å². The molecule has 6 nitrogen and oxygen atoms in total. The van der Waals surface area contributed by atoms with Gasteiger partial charge >= 0.3 is 0 Å². The number of hydrogen-bond donors (Lipinski definition) is 1. The van der Waals surface area contributed by atoms with Gasteiger partial charge in [0.25, 0.3) is 5.78 Å². The number of rotatable bonds is 0. The third-order valence-corrected chi connectivity index (χ3v) is 3.27. The van der Waals surface area contributed by atoms with Crippen molar-refractivity contribution in [2.24, 2.45) is 7.05 Å². The van der Waals surface area contributed by atoms with Crippen molar-refractivity contribution in [1.82, 2.24) is 28.8 Å². The first-order valence-corrected chi connectivity index (χ1v) is 5.57. The second-order valence-corrected chi connectivity index (χ2v) is 4.31. The van der Waals surface area contributed by atoms with Gasteiger partial charge in [0.15, 0.2) is 0 Å². The molecule has 0 aliphatic rings. The average Bonchev–Trinajstić information content (AvgIpc) is 2.95. The predicted molar refractivity (Wildman–Crippen MR) is 65.6 cm³/mol. The highest BCUT2D eigenvalue weighted by Gasteiger charge is 2.14. The zero-order valence-electron chi connectivity index (χ0n) is 8.95. The summed E-state index contributed by atoms with van der Waals surface area (Å²) in [5, 5.41) is 11.4. The van der Waals surface area contributed by atoms with E-state index in [1.807, 2.05) is 34.2 Å². The average molecular weight is 244 g/mol. The van der Waals surface area contributed by atoms with Crippen molar-refractivity contribution in [3.8, 4) is 0 Å². The van der Waals surface area contributed by atoms with Gasteiger partial charge in [0.1, 0.15) is 0 Å². The van der Waals surface area contributed by atoms with E-state index in [-0.39, 0.29) is 0 Å². The monoisotopic (exact) mass is 244 g/mol. The highest BCUT2D eigenvalue weighted by atomic mass is 32.1. The van der Waals surface area contributed by atoms with Gasteiger partial charge in [0.05, 0.1) is 11.0 Å². The first-order chi connectivity index (χ1) is 8.27. The molecule has 3 heterocycles. The molecule has 0 spiro atoms. The minimum atomic E-state index is 0.507. The Labute approximate surface area is 100 Å². The molecule has 0 amide bonds. The molecular weight excluding hydrogens is 236 g/mol. The fourth-order valence-electron chi connectivity index (χ4n) is 2.22. The molecule has 0 unspecified atom stereocenters. The van der Waals surface area contributed by atoms with Crippen LogP contribution < -0.4 is 0 Å². The standard InChI is InChI=1S/C10H8N6S/c1-14-6-4-2-3-5-7(6)15-8-11-12-10(17)16(8)13-9(14)15/h2-5H,1H3,(H,12,17). The Morgan fingerprint density at radius 3 is 2.76 bits per heavy atom. The smallest absolute Gasteiger partial charge is 0.258 e. The molecule has 1 N–H and O–H groups in total. The minimum absolute atomic E-state index is 0.507. The highest BCUT2D eigenvalue weighted by molar-refractivity contribution is 7.71. The highest BCUT2D eigenvalue weighted by Crippen LogP contribution is 2.20. The van der Waals surface area contributed by atoms with Crippen LogP contribution in [0.5, 0.6) is 0 Å². The van der Waals surface area contributed by atoms with Gasteiger partial charge in [-0.15, -0.1) is 10.2 Å². The normalized spacial score (nSPS) is 12.1. The Morgan fingerprint density at radius 1 is 1.18 bits per heavy atom. The van der Waals surface area contributed by atoms with Gasteiger partial charge in [0.2, 0.25) is 10.5 Å². The molecule has 84 valence electrons. The van der Waals surface area contributed by atoms with Crippen LogP contribution in [0.15, 0.2) is 24.3 Å². The fraction of sp³-hybridized carbons (Fsp3) is 0.100. The molecule has 1 aromatic carbocycles. The molecule has 0 saturated carbocycles. The lowest BCUT2D eigenvalue weighted by atomic mass is 10.3. The number of aromatic nitrogens is 6. The Kier molecular flexibility index (Phi) is 1.44. The number of aryl methyl sites for hydroxylation is 1. The van der Waals surface area contributed by atoms with Gasteiger partial charge in [-0.25, -0.2) is 9.50 Å². The maximum absolute atomic E-state index is 5.12. The Balaban J connectivity index is 2.45. The first kappa shape index (κ1) is 8.94. The van der Waals surface area contributed by atoms with Crippen molar-refractivity contribution in [1.29, 1.82) is 0 Å². The Hall–Kier alpha value is -2.15. The number of fused-ring (bicyclic) bond motifs is 5. The number of imidazole rings is 1. The van der Waals surface area contributed by atoms with Crippen molar-refractivity contribution in [2.75, 3.05) is 0 Å². The van der Waals surface area contributed by atoms with Gasteiger partial charge in [-0.05, 0) is 24.4 Å². The van der Waals surface area contributed by atoms with Gasteiger partial charge in [-0.3, -0.25) is 0 Å². The fourth-order valence-corrected chi connectivity index (χ4v) is 2.39. The van der Waals surface area contributed by atoms with Gasteiger partial charge < -0.3 is 4.57 Å². The van der Waals surface area contributed by atoms with Crippen LogP contribution in [-0.2, 0) is 7.05 Å². The zero-order valence-corrected chi connectivity index (χ0v) is 9.77. The molecule has 0 bridgehead atoms. The van der Waals surface area contributed by atoms with Gasteiger partial charge in [-0.2, -0.15) is 4.52 Å². The van der Waals surface area contributed by atoms with E-state index in [0.717, 1.165) is 16.8 Å². The van der Waals surface area contributed by atoms with Gasteiger partial charge in [-0.1, -0.05) is 12.1 Å². The largest absolute Gasteiger partial charge is 0.311 e. The number of benzene rings is 1. The van der Waals surface area contributed by atoms with Crippen molar-refractivity contribution in [3.63, 3.8) is 0 Å². The first-order valence-electron chi connectivity index (χ1n) is 5.16. The molecule has 4 rings (SSSR count). The summed E-state index contributed by atoms with van der Waals surface area (Å²) in [4.78, 5) is 0. The van der Waals surface area contributed by atoms with Crippen LogP contribution in [0.2, 0.25) is 0 Å². The van der Waals surface area contributed by atoms with Crippen molar-refractivity contribution < 1.29 is 0 Å². The van der Waals surface area contributed by atoms with Gasteiger partial charge in [0, 0.05) is 7.05 Å². The van der Waals surface area contributed by atoms with E-state index in [1.165, 1.54) is 0 Å².